The monoisotopic (exact) mass is 327 g/mol. The van der Waals surface area contributed by atoms with Gasteiger partial charge in [0.1, 0.15) is 5.82 Å². The van der Waals surface area contributed by atoms with Gasteiger partial charge in [-0.25, -0.2) is 9.38 Å². The molecule has 124 valence electrons. The Hall–Kier alpha value is -1.27. The zero-order chi connectivity index (χ0) is 16.4. The first kappa shape index (κ1) is 18.8. The number of rotatable bonds is 8. The van der Waals surface area contributed by atoms with Crippen molar-refractivity contribution in [2.75, 3.05) is 26.0 Å². The third-order valence-electron chi connectivity index (χ3n) is 3.15. The summed E-state index contributed by atoms with van der Waals surface area (Å²) in [4.78, 5) is 4.54. The third-order valence-corrected chi connectivity index (χ3v) is 3.75. The Morgan fingerprint density at radius 1 is 1.36 bits per heavy atom. The van der Waals surface area contributed by atoms with E-state index in [9.17, 15) is 4.39 Å². The standard InChI is InChI=1S/C16H26FN3OS/c1-4-18-16(19-8-12(2)10-21)20-9-13-5-6-15(17)7-14(13)11-22-3/h5-7,12,21H,4,8-11H2,1-3H3,(H2,18,19,20). The van der Waals surface area contributed by atoms with Crippen molar-refractivity contribution in [2.45, 2.75) is 26.1 Å². The van der Waals surface area contributed by atoms with Crippen molar-refractivity contribution in [2.24, 2.45) is 10.9 Å². The van der Waals surface area contributed by atoms with Gasteiger partial charge in [-0.05, 0) is 42.4 Å². The fourth-order valence-electron chi connectivity index (χ4n) is 1.88. The summed E-state index contributed by atoms with van der Waals surface area (Å²) in [6.07, 6.45) is 2.00. The van der Waals surface area contributed by atoms with E-state index in [4.69, 9.17) is 5.11 Å². The predicted molar refractivity (Wildman–Crippen MR) is 92.7 cm³/mol. The van der Waals surface area contributed by atoms with Crippen molar-refractivity contribution in [1.82, 2.24) is 10.6 Å². The second-order valence-corrected chi connectivity index (χ2v) is 6.08. The summed E-state index contributed by atoms with van der Waals surface area (Å²) in [6.45, 7) is 6.03. The van der Waals surface area contributed by atoms with E-state index < -0.39 is 0 Å². The molecule has 0 aliphatic carbocycles. The van der Waals surface area contributed by atoms with Gasteiger partial charge in [0.25, 0.3) is 0 Å². The molecular formula is C16H26FN3OS. The molecule has 1 aromatic rings. The molecule has 0 saturated heterocycles. The zero-order valence-corrected chi connectivity index (χ0v) is 14.3. The Morgan fingerprint density at radius 3 is 2.77 bits per heavy atom. The highest BCUT2D eigenvalue weighted by Crippen LogP contribution is 2.17. The summed E-state index contributed by atoms with van der Waals surface area (Å²) in [7, 11) is 0. The minimum Gasteiger partial charge on any atom is -0.396 e. The van der Waals surface area contributed by atoms with Crippen LogP contribution in [0, 0.1) is 11.7 Å². The first-order valence-electron chi connectivity index (χ1n) is 7.50. The van der Waals surface area contributed by atoms with Gasteiger partial charge in [0, 0.05) is 25.4 Å². The van der Waals surface area contributed by atoms with Crippen molar-refractivity contribution in [3.8, 4) is 0 Å². The maximum Gasteiger partial charge on any atom is 0.191 e. The first-order valence-corrected chi connectivity index (χ1v) is 8.89. The van der Waals surface area contributed by atoms with Crippen molar-refractivity contribution < 1.29 is 9.50 Å². The molecule has 3 N–H and O–H groups in total. The van der Waals surface area contributed by atoms with Gasteiger partial charge < -0.3 is 15.7 Å². The lowest BCUT2D eigenvalue weighted by Gasteiger charge is -2.14. The van der Waals surface area contributed by atoms with Crippen LogP contribution in [-0.2, 0) is 12.3 Å². The van der Waals surface area contributed by atoms with Gasteiger partial charge >= 0.3 is 0 Å². The summed E-state index contributed by atoms with van der Waals surface area (Å²) < 4.78 is 13.3. The molecule has 22 heavy (non-hydrogen) atoms. The van der Waals surface area contributed by atoms with Crippen LogP contribution in [0.25, 0.3) is 0 Å². The van der Waals surface area contributed by atoms with Gasteiger partial charge in [0.2, 0.25) is 0 Å². The fourth-order valence-corrected chi connectivity index (χ4v) is 2.46. The molecule has 1 unspecified atom stereocenters. The highest BCUT2D eigenvalue weighted by Gasteiger charge is 2.06. The number of guanidine groups is 1. The smallest absolute Gasteiger partial charge is 0.191 e. The Kier molecular flexibility index (Phi) is 8.92. The summed E-state index contributed by atoms with van der Waals surface area (Å²) >= 11 is 1.67. The average molecular weight is 327 g/mol. The number of hydrogen-bond donors (Lipinski definition) is 3. The molecule has 0 aliphatic heterocycles. The quantitative estimate of drug-likeness (QED) is 0.507. The van der Waals surface area contributed by atoms with Gasteiger partial charge in [0.05, 0.1) is 6.54 Å². The number of aliphatic hydroxyl groups is 1. The van der Waals surface area contributed by atoms with E-state index in [1.165, 1.54) is 6.07 Å². The summed E-state index contributed by atoms with van der Waals surface area (Å²) in [6, 6.07) is 4.85. The first-order chi connectivity index (χ1) is 10.6. The van der Waals surface area contributed by atoms with Crippen molar-refractivity contribution >= 4 is 17.7 Å². The van der Waals surface area contributed by atoms with Gasteiger partial charge in [-0.2, -0.15) is 11.8 Å². The number of halogens is 1. The van der Waals surface area contributed by atoms with E-state index in [0.717, 1.165) is 23.4 Å². The molecule has 1 aromatic carbocycles. The molecule has 0 aliphatic rings. The molecule has 1 rings (SSSR count). The van der Waals surface area contributed by atoms with Crippen LogP contribution in [-0.4, -0.2) is 37.0 Å². The second kappa shape index (κ2) is 10.5. The molecule has 0 amide bonds. The fraction of sp³-hybridized carbons (Fsp3) is 0.562. The molecular weight excluding hydrogens is 301 g/mol. The van der Waals surface area contributed by atoms with Crippen LogP contribution >= 0.6 is 11.8 Å². The number of aliphatic hydroxyl groups excluding tert-OH is 1. The summed E-state index contributed by atoms with van der Waals surface area (Å²) in [5, 5.41) is 15.4. The van der Waals surface area contributed by atoms with Crippen molar-refractivity contribution in [1.29, 1.82) is 0 Å². The van der Waals surface area contributed by atoms with Crippen LogP contribution in [0.4, 0.5) is 4.39 Å². The Bertz CT molecular complexity index is 482. The molecule has 0 aromatic heterocycles. The number of hydrogen-bond acceptors (Lipinski definition) is 3. The lowest BCUT2D eigenvalue weighted by molar-refractivity contribution is 0.238. The van der Waals surface area contributed by atoms with Gasteiger partial charge in [-0.1, -0.05) is 13.0 Å². The molecule has 0 fully saturated rings. The number of nitrogens with zero attached hydrogens (tertiary/aromatic N) is 1. The Labute approximate surface area is 136 Å². The summed E-state index contributed by atoms with van der Waals surface area (Å²) in [5.41, 5.74) is 2.01. The van der Waals surface area contributed by atoms with E-state index in [1.54, 1.807) is 23.9 Å². The molecule has 1 atom stereocenters. The molecule has 6 heteroatoms. The average Bonchev–Trinajstić information content (AvgIpc) is 2.51. The van der Waals surface area contributed by atoms with E-state index >= 15 is 0 Å². The largest absolute Gasteiger partial charge is 0.396 e. The minimum absolute atomic E-state index is 0.141. The molecule has 4 nitrogen and oxygen atoms in total. The normalized spacial score (nSPS) is 13.0. The van der Waals surface area contributed by atoms with Crippen LogP contribution < -0.4 is 10.6 Å². The minimum atomic E-state index is -0.210. The number of nitrogens with one attached hydrogen (secondary N) is 2. The Morgan fingerprint density at radius 2 is 2.14 bits per heavy atom. The highest BCUT2D eigenvalue weighted by atomic mass is 32.2. The summed E-state index contributed by atoms with van der Waals surface area (Å²) in [5.74, 6) is 1.44. The molecule has 0 radical (unpaired) electrons. The topological polar surface area (TPSA) is 56.7 Å². The van der Waals surface area contributed by atoms with Crippen LogP contribution in [0.1, 0.15) is 25.0 Å². The van der Waals surface area contributed by atoms with Gasteiger partial charge in [-0.15, -0.1) is 0 Å². The maximum atomic E-state index is 13.3. The highest BCUT2D eigenvalue weighted by molar-refractivity contribution is 7.97. The molecule has 0 heterocycles. The van der Waals surface area contributed by atoms with E-state index in [-0.39, 0.29) is 18.3 Å². The van der Waals surface area contributed by atoms with Crippen LogP contribution in [0.3, 0.4) is 0 Å². The van der Waals surface area contributed by atoms with Crippen molar-refractivity contribution in [3.05, 3.63) is 35.1 Å². The van der Waals surface area contributed by atoms with Crippen molar-refractivity contribution in [3.63, 3.8) is 0 Å². The molecule has 0 bridgehead atoms. The predicted octanol–water partition coefficient (Wildman–Crippen LogP) is 2.37. The van der Waals surface area contributed by atoms with E-state index in [0.29, 0.717) is 19.0 Å². The lowest BCUT2D eigenvalue weighted by Crippen LogP contribution is -2.39. The SMILES string of the molecule is CCNC(=NCc1ccc(F)cc1CSC)NCC(C)CO. The maximum absolute atomic E-state index is 13.3. The molecule has 0 spiro atoms. The van der Waals surface area contributed by atoms with Crippen LogP contribution in [0.15, 0.2) is 23.2 Å². The number of aliphatic imine (C=N–C) groups is 1. The zero-order valence-electron chi connectivity index (χ0n) is 13.5. The van der Waals surface area contributed by atoms with E-state index in [2.05, 4.69) is 15.6 Å². The van der Waals surface area contributed by atoms with Gasteiger partial charge in [0.15, 0.2) is 5.96 Å². The second-order valence-electron chi connectivity index (χ2n) is 5.21. The van der Waals surface area contributed by atoms with Crippen LogP contribution in [0.5, 0.6) is 0 Å². The lowest BCUT2D eigenvalue weighted by atomic mass is 10.1. The Balaban J connectivity index is 2.76. The number of benzene rings is 1. The molecule has 0 saturated carbocycles. The third kappa shape index (κ3) is 6.66. The van der Waals surface area contributed by atoms with E-state index in [1.807, 2.05) is 20.1 Å². The van der Waals surface area contributed by atoms with Gasteiger partial charge in [-0.3, -0.25) is 0 Å². The number of thioether (sulfide) groups is 1. The van der Waals surface area contributed by atoms with Crippen LogP contribution in [0.2, 0.25) is 0 Å².